The van der Waals surface area contributed by atoms with Crippen LogP contribution < -0.4 is 11.5 Å². The van der Waals surface area contributed by atoms with Gasteiger partial charge >= 0.3 is 0 Å². The zero-order chi connectivity index (χ0) is 8.97. The van der Waals surface area contributed by atoms with Crippen LogP contribution >= 0.6 is 0 Å². The summed E-state index contributed by atoms with van der Waals surface area (Å²) < 4.78 is 0. The van der Waals surface area contributed by atoms with Crippen molar-refractivity contribution in [2.24, 2.45) is 5.73 Å². The lowest BCUT2D eigenvalue weighted by atomic mass is 10.1. The van der Waals surface area contributed by atoms with Gasteiger partial charge < -0.3 is 16.6 Å². The van der Waals surface area contributed by atoms with E-state index in [0.717, 1.165) is 11.3 Å². The van der Waals surface area contributed by atoms with Crippen molar-refractivity contribution in [3.8, 4) is 0 Å². The summed E-state index contributed by atoms with van der Waals surface area (Å²) in [6, 6.07) is 7.31. The van der Waals surface area contributed by atoms with E-state index < -0.39 is 0 Å². The van der Waals surface area contributed by atoms with E-state index in [2.05, 4.69) is 0 Å². The molecule has 0 spiro atoms. The van der Waals surface area contributed by atoms with E-state index in [1.54, 1.807) is 0 Å². The number of hydrogen-bond acceptors (Lipinski definition) is 3. The van der Waals surface area contributed by atoms with E-state index >= 15 is 0 Å². The van der Waals surface area contributed by atoms with Gasteiger partial charge in [0.25, 0.3) is 0 Å². The molecule has 0 aromatic heterocycles. The van der Waals surface area contributed by atoms with Crippen molar-refractivity contribution in [2.75, 3.05) is 12.3 Å². The zero-order valence-electron chi connectivity index (χ0n) is 6.90. The van der Waals surface area contributed by atoms with Gasteiger partial charge in [-0.05, 0) is 24.1 Å². The smallest absolute Gasteiger partial charge is 0.0449 e. The lowest BCUT2D eigenvalue weighted by molar-refractivity contribution is 0.276. The topological polar surface area (TPSA) is 72.3 Å². The van der Waals surface area contributed by atoms with Gasteiger partial charge in [0.15, 0.2) is 0 Å². The molecule has 1 unspecified atom stereocenters. The molecular formula is C9H14N2O. The average Bonchev–Trinajstić information content (AvgIpc) is 2.06. The Balaban J connectivity index is 2.68. The summed E-state index contributed by atoms with van der Waals surface area (Å²) in [6.45, 7) is 0.117. The highest BCUT2D eigenvalue weighted by Crippen LogP contribution is 2.14. The number of anilines is 1. The maximum absolute atomic E-state index is 8.65. The van der Waals surface area contributed by atoms with Crippen molar-refractivity contribution in [1.82, 2.24) is 0 Å². The van der Waals surface area contributed by atoms with Crippen LogP contribution in [0.5, 0.6) is 0 Å². The summed E-state index contributed by atoms with van der Waals surface area (Å²) in [4.78, 5) is 0. The highest BCUT2D eigenvalue weighted by molar-refractivity contribution is 5.40. The molecule has 5 N–H and O–H groups in total. The summed E-state index contributed by atoms with van der Waals surface area (Å²) in [5.41, 5.74) is 13.0. The van der Waals surface area contributed by atoms with E-state index in [4.69, 9.17) is 16.6 Å². The standard InChI is InChI=1S/C9H14N2O/c10-8-3-1-7(2-4-8)9(11)5-6-12/h1-4,9,12H,5-6,10-11H2. The van der Waals surface area contributed by atoms with Gasteiger partial charge in [-0.3, -0.25) is 0 Å². The lowest BCUT2D eigenvalue weighted by Crippen LogP contribution is -2.11. The molecule has 1 rings (SSSR count). The van der Waals surface area contributed by atoms with Gasteiger partial charge in [-0.15, -0.1) is 0 Å². The molecule has 1 atom stereocenters. The molecule has 0 amide bonds. The van der Waals surface area contributed by atoms with Crippen LogP contribution in [0.4, 0.5) is 5.69 Å². The molecule has 0 radical (unpaired) electrons. The van der Waals surface area contributed by atoms with Crippen LogP contribution in [0.25, 0.3) is 0 Å². The number of rotatable bonds is 3. The summed E-state index contributed by atoms with van der Waals surface area (Å²) in [5, 5.41) is 8.65. The van der Waals surface area contributed by atoms with Crippen LogP contribution in [0.3, 0.4) is 0 Å². The minimum Gasteiger partial charge on any atom is -0.399 e. The van der Waals surface area contributed by atoms with Gasteiger partial charge in [0, 0.05) is 18.3 Å². The molecule has 1 aromatic rings. The number of aliphatic hydroxyl groups excluding tert-OH is 1. The minimum absolute atomic E-state index is 0.0874. The van der Waals surface area contributed by atoms with Crippen LogP contribution in [0, 0.1) is 0 Å². The SMILES string of the molecule is Nc1ccc(C(N)CCO)cc1. The number of benzene rings is 1. The van der Waals surface area contributed by atoms with E-state index in [0.29, 0.717) is 6.42 Å². The molecule has 0 aliphatic carbocycles. The molecule has 3 heteroatoms. The van der Waals surface area contributed by atoms with Gasteiger partial charge in [0.2, 0.25) is 0 Å². The summed E-state index contributed by atoms with van der Waals surface area (Å²) >= 11 is 0. The second-order valence-electron chi connectivity index (χ2n) is 2.79. The van der Waals surface area contributed by atoms with Crippen LogP contribution in [-0.2, 0) is 0 Å². The Labute approximate surface area is 72.0 Å². The van der Waals surface area contributed by atoms with Crippen molar-refractivity contribution < 1.29 is 5.11 Å². The predicted molar refractivity (Wildman–Crippen MR) is 49.5 cm³/mol. The number of aliphatic hydroxyl groups is 1. The molecule has 0 aliphatic heterocycles. The first-order valence-corrected chi connectivity index (χ1v) is 3.96. The number of nitrogen functional groups attached to an aromatic ring is 1. The van der Waals surface area contributed by atoms with Crippen LogP contribution in [-0.4, -0.2) is 11.7 Å². The second kappa shape index (κ2) is 4.09. The molecule has 0 saturated carbocycles. The molecule has 0 aliphatic rings. The zero-order valence-corrected chi connectivity index (χ0v) is 6.90. The van der Waals surface area contributed by atoms with Crippen molar-refractivity contribution >= 4 is 5.69 Å². The summed E-state index contributed by atoms with van der Waals surface area (Å²) in [6.07, 6.45) is 0.587. The van der Waals surface area contributed by atoms with Gasteiger partial charge in [0.1, 0.15) is 0 Å². The molecule has 0 fully saturated rings. The first-order valence-electron chi connectivity index (χ1n) is 3.96. The maximum Gasteiger partial charge on any atom is 0.0449 e. The molecule has 66 valence electrons. The minimum atomic E-state index is -0.0874. The molecular weight excluding hydrogens is 152 g/mol. The summed E-state index contributed by atoms with van der Waals surface area (Å²) in [7, 11) is 0. The predicted octanol–water partition coefficient (Wildman–Crippen LogP) is 0.651. The molecule has 1 aromatic carbocycles. The Kier molecular flexibility index (Phi) is 3.08. The Bertz CT molecular complexity index is 233. The highest BCUT2D eigenvalue weighted by atomic mass is 16.3. The average molecular weight is 166 g/mol. The van der Waals surface area contributed by atoms with Crippen molar-refractivity contribution in [3.63, 3.8) is 0 Å². The van der Waals surface area contributed by atoms with Gasteiger partial charge in [-0.25, -0.2) is 0 Å². The van der Waals surface area contributed by atoms with Gasteiger partial charge in [-0.1, -0.05) is 12.1 Å². The third-order valence-corrected chi connectivity index (χ3v) is 1.80. The van der Waals surface area contributed by atoms with E-state index in [1.807, 2.05) is 24.3 Å². The van der Waals surface area contributed by atoms with E-state index in [1.165, 1.54) is 0 Å². The van der Waals surface area contributed by atoms with Crippen LogP contribution in [0.15, 0.2) is 24.3 Å². The van der Waals surface area contributed by atoms with E-state index in [-0.39, 0.29) is 12.6 Å². The molecule has 3 nitrogen and oxygen atoms in total. The largest absolute Gasteiger partial charge is 0.399 e. The Morgan fingerprint density at radius 3 is 2.33 bits per heavy atom. The lowest BCUT2D eigenvalue weighted by Gasteiger charge is -2.09. The van der Waals surface area contributed by atoms with Crippen molar-refractivity contribution in [1.29, 1.82) is 0 Å². The Morgan fingerprint density at radius 1 is 1.25 bits per heavy atom. The van der Waals surface area contributed by atoms with E-state index in [9.17, 15) is 0 Å². The molecule has 0 saturated heterocycles. The third kappa shape index (κ3) is 2.22. The van der Waals surface area contributed by atoms with Crippen LogP contribution in [0.1, 0.15) is 18.0 Å². The first-order chi connectivity index (χ1) is 5.74. The normalized spacial score (nSPS) is 12.8. The van der Waals surface area contributed by atoms with Crippen LogP contribution in [0.2, 0.25) is 0 Å². The van der Waals surface area contributed by atoms with Crippen molar-refractivity contribution in [3.05, 3.63) is 29.8 Å². The fourth-order valence-corrected chi connectivity index (χ4v) is 1.05. The fraction of sp³-hybridized carbons (Fsp3) is 0.333. The molecule has 12 heavy (non-hydrogen) atoms. The quantitative estimate of drug-likeness (QED) is 0.577. The monoisotopic (exact) mass is 166 g/mol. The Morgan fingerprint density at radius 2 is 1.83 bits per heavy atom. The third-order valence-electron chi connectivity index (χ3n) is 1.80. The maximum atomic E-state index is 8.65. The highest BCUT2D eigenvalue weighted by Gasteiger charge is 2.03. The molecule has 0 bridgehead atoms. The number of hydrogen-bond donors (Lipinski definition) is 3. The Hall–Kier alpha value is -1.06. The summed E-state index contributed by atoms with van der Waals surface area (Å²) in [5.74, 6) is 0. The first kappa shape index (κ1) is 9.03. The second-order valence-corrected chi connectivity index (χ2v) is 2.79. The fourth-order valence-electron chi connectivity index (χ4n) is 1.05. The molecule has 0 heterocycles. The van der Waals surface area contributed by atoms with Crippen molar-refractivity contribution in [2.45, 2.75) is 12.5 Å². The van der Waals surface area contributed by atoms with Gasteiger partial charge in [-0.2, -0.15) is 0 Å². The number of nitrogens with two attached hydrogens (primary N) is 2. The van der Waals surface area contributed by atoms with Gasteiger partial charge in [0.05, 0.1) is 0 Å².